The monoisotopic (exact) mass is 232 g/mol. The lowest BCUT2D eigenvalue weighted by Gasteiger charge is -2.34. The number of nitrogens with two attached hydrogens (primary N) is 1. The van der Waals surface area contributed by atoms with E-state index in [-0.39, 0.29) is 6.10 Å². The average molecular weight is 232 g/mol. The molecule has 0 bridgehead atoms. The second-order valence-electron chi connectivity index (χ2n) is 4.66. The minimum absolute atomic E-state index is 0.262. The molecule has 5 nitrogen and oxygen atoms in total. The predicted octanol–water partition coefficient (Wildman–Crippen LogP) is 1.15. The average Bonchev–Trinajstić information content (AvgIpc) is 2.63. The summed E-state index contributed by atoms with van der Waals surface area (Å²) >= 11 is 0. The van der Waals surface area contributed by atoms with Crippen molar-refractivity contribution in [1.82, 2.24) is 14.6 Å². The summed E-state index contributed by atoms with van der Waals surface area (Å²) in [5.41, 5.74) is 7.50. The van der Waals surface area contributed by atoms with Gasteiger partial charge in [-0.1, -0.05) is 0 Å². The van der Waals surface area contributed by atoms with Crippen molar-refractivity contribution in [3.63, 3.8) is 0 Å². The van der Waals surface area contributed by atoms with Gasteiger partial charge in [-0.05, 0) is 38.3 Å². The summed E-state index contributed by atoms with van der Waals surface area (Å²) < 4.78 is 7.68. The van der Waals surface area contributed by atoms with Crippen LogP contribution in [0.2, 0.25) is 0 Å². The van der Waals surface area contributed by atoms with E-state index in [1.54, 1.807) is 10.7 Å². The maximum atomic E-state index is 5.88. The van der Waals surface area contributed by atoms with E-state index in [1.807, 2.05) is 19.2 Å². The molecule has 0 aliphatic heterocycles. The second kappa shape index (κ2) is 4.00. The molecule has 2 N–H and O–H groups in total. The first-order valence-corrected chi connectivity index (χ1v) is 5.94. The van der Waals surface area contributed by atoms with Crippen molar-refractivity contribution < 1.29 is 4.74 Å². The molecule has 90 valence electrons. The zero-order valence-electron chi connectivity index (χ0n) is 9.84. The fraction of sp³-hybridized carbons (Fsp3) is 0.500. The van der Waals surface area contributed by atoms with E-state index < -0.39 is 0 Å². The van der Waals surface area contributed by atoms with Crippen molar-refractivity contribution in [3.8, 4) is 5.88 Å². The van der Waals surface area contributed by atoms with Crippen molar-refractivity contribution >= 4 is 5.52 Å². The van der Waals surface area contributed by atoms with E-state index in [4.69, 9.17) is 10.5 Å². The van der Waals surface area contributed by atoms with Gasteiger partial charge in [-0.15, -0.1) is 0 Å². The Hall–Kier alpha value is -1.62. The maximum absolute atomic E-state index is 5.88. The molecule has 0 unspecified atom stereocenters. The number of rotatable bonds is 3. The van der Waals surface area contributed by atoms with Gasteiger partial charge < -0.3 is 10.5 Å². The summed E-state index contributed by atoms with van der Waals surface area (Å²) in [5.74, 6) is 1.29. The first kappa shape index (κ1) is 10.5. The SMILES string of the molecule is Cc1cc2c(OC3CC(CN)C3)nccn2n1. The van der Waals surface area contributed by atoms with Crippen molar-refractivity contribution in [2.24, 2.45) is 11.7 Å². The molecular weight excluding hydrogens is 216 g/mol. The van der Waals surface area contributed by atoms with Crippen LogP contribution in [0.1, 0.15) is 18.5 Å². The summed E-state index contributed by atoms with van der Waals surface area (Å²) in [6, 6.07) is 1.99. The molecule has 5 heteroatoms. The Kier molecular flexibility index (Phi) is 2.48. The quantitative estimate of drug-likeness (QED) is 0.862. The highest BCUT2D eigenvalue weighted by Crippen LogP contribution is 2.31. The number of aromatic nitrogens is 3. The van der Waals surface area contributed by atoms with Gasteiger partial charge in [-0.25, -0.2) is 9.50 Å². The predicted molar refractivity (Wildman–Crippen MR) is 63.9 cm³/mol. The molecule has 0 amide bonds. The van der Waals surface area contributed by atoms with Crippen LogP contribution in [0.3, 0.4) is 0 Å². The molecular formula is C12H16N4O. The largest absolute Gasteiger partial charge is 0.473 e. The molecule has 1 aliphatic rings. The lowest BCUT2D eigenvalue weighted by molar-refractivity contribution is 0.0660. The zero-order valence-corrected chi connectivity index (χ0v) is 9.84. The number of nitrogens with zero attached hydrogens (tertiary/aromatic N) is 3. The molecule has 2 aromatic heterocycles. The minimum atomic E-state index is 0.262. The fourth-order valence-corrected chi connectivity index (χ4v) is 2.23. The molecule has 1 saturated carbocycles. The van der Waals surface area contributed by atoms with Gasteiger partial charge in [0.25, 0.3) is 0 Å². The van der Waals surface area contributed by atoms with Gasteiger partial charge in [0.2, 0.25) is 5.88 Å². The number of aryl methyl sites for hydroxylation is 1. The van der Waals surface area contributed by atoms with Crippen LogP contribution in [0.4, 0.5) is 0 Å². The first-order chi connectivity index (χ1) is 8.26. The molecule has 0 atom stereocenters. The van der Waals surface area contributed by atoms with Crippen molar-refractivity contribution in [2.75, 3.05) is 6.54 Å². The topological polar surface area (TPSA) is 65.4 Å². The molecule has 0 aromatic carbocycles. The van der Waals surface area contributed by atoms with Crippen molar-refractivity contribution in [3.05, 3.63) is 24.2 Å². The van der Waals surface area contributed by atoms with Crippen LogP contribution < -0.4 is 10.5 Å². The van der Waals surface area contributed by atoms with Crippen LogP contribution in [0.15, 0.2) is 18.5 Å². The van der Waals surface area contributed by atoms with Gasteiger partial charge in [0.05, 0.1) is 5.69 Å². The Morgan fingerprint density at radius 1 is 1.53 bits per heavy atom. The summed E-state index contributed by atoms with van der Waals surface area (Å²) in [7, 11) is 0. The third-order valence-corrected chi connectivity index (χ3v) is 3.28. The molecule has 1 aliphatic carbocycles. The third kappa shape index (κ3) is 1.86. The van der Waals surface area contributed by atoms with Gasteiger partial charge in [0.15, 0.2) is 0 Å². The highest BCUT2D eigenvalue weighted by molar-refractivity contribution is 5.56. The van der Waals surface area contributed by atoms with Crippen molar-refractivity contribution in [2.45, 2.75) is 25.9 Å². The van der Waals surface area contributed by atoms with Gasteiger partial charge in [0.1, 0.15) is 11.6 Å². The Balaban J connectivity index is 1.81. The van der Waals surface area contributed by atoms with Crippen LogP contribution in [0, 0.1) is 12.8 Å². The van der Waals surface area contributed by atoms with Gasteiger partial charge in [-0.3, -0.25) is 0 Å². The van der Waals surface area contributed by atoms with Crippen LogP contribution in [0.25, 0.3) is 5.52 Å². The molecule has 0 radical (unpaired) electrons. The van der Waals surface area contributed by atoms with Crippen LogP contribution in [-0.4, -0.2) is 27.2 Å². The number of ether oxygens (including phenoxy) is 1. The molecule has 17 heavy (non-hydrogen) atoms. The molecule has 3 rings (SSSR count). The normalized spacial score (nSPS) is 23.6. The molecule has 0 saturated heterocycles. The maximum Gasteiger partial charge on any atom is 0.240 e. The molecule has 0 spiro atoms. The standard InChI is InChI=1S/C12H16N4O/c1-8-4-11-12(14-2-3-16(11)15-8)17-10-5-9(6-10)7-13/h2-4,9-10H,5-7,13H2,1H3. The smallest absolute Gasteiger partial charge is 0.240 e. The summed E-state index contributed by atoms with van der Waals surface area (Å²) in [6.45, 7) is 2.72. The van der Waals surface area contributed by atoms with E-state index in [9.17, 15) is 0 Å². The highest BCUT2D eigenvalue weighted by Gasteiger charge is 2.30. The highest BCUT2D eigenvalue weighted by atomic mass is 16.5. The van der Waals surface area contributed by atoms with E-state index in [2.05, 4.69) is 10.1 Å². The second-order valence-corrected chi connectivity index (χ2v) is 4.66. The lowest BCUT2D eigenvalue weighted by atomic mass is 9.82. The molecule has 2 heterocycles. The Morgan fingerprint density at radius 2 is 2.35 bits per heavy atom. The number of fused-ring (bicyclic) bond motifs is 1. The number of hydrogen-bond donors (Lipinski definition) is 1. The van der Waals surface area contributed by atoms with Crippen molar-refractivity contribution in [1.29, 1.82) is 0 Å². The zero-order chi connectivity index (χ0) is 11.8. The van der Waals surface area contributed by atoms with Gasteiger partial charge in [0, 0.05) is 12.4 Å². The first-order valence-electron chi connectivity index (χ1n) is 5.94. The van der Waals surface area contributed by atoms with Gasteiger partial charge >= 0.3 is 0 Å². The minimum Gasteiger partial charge on any atom is -0.473 e. The molecule has 1 fully saturated rings. The van der Waals surface area contributed by atoms with E-state index in [1.165, 1.54) is 0 Å². The Bertz CT molecular complexity index is 530. The Labute approximate surface area is 99.6 Å². The van der Waals surface area contributed by atoms with Crippen LogP contribution >= 0.6 is 0 Å². The summed E-state index contributed by atoms with van der Waals surface area (Å²) in [6.07, 6.45) is 5.88. The van der Waals surface area contributed by atoms with E-state index >= 15 is 0 Å². The van der Waals surface area contributed by atoms with Crippen LogP contribution in [0.5, 0.6) is 5.88 Å². The number of hydrogen-bond acceptors (Lipinski definition) is 4. The molecule has 2 aromatic rings. The summed E-state index contributed by atoms with van der Waals surface area (Å²) in [4.78, 5) is 4.28. The van der Waals surface area contributed by atoms with Crippen LogP contribution in [-0.2, 0) is 0 Å². The summed E-state index contributed by atoms with van der Waals surface area (Å²) in [5, 5.41) is 4.33. The third-order valence-electron chi connectivity index (χ3n) is 3.28. The Morgan fingerprint density at radius 3 is 3.12 bits per heavy atom. The lowest BCUT2D eigenvalue weighted by Crippen LogP contribution is -2.38. The fourth-order valence-electron chi connectivity index (χ4n) is 2.23. The van der Waals surface area contributed by atoms with E-state index in [0.717, 1.165) is 30.6 Å². The van der Waals surface area contributed by atoms with E-state index in [0.29, 0.717) is 11.8 Å². The van der Waals surface area contributed by atoms with Gasteiger partial charge in [-0.2, -0.15) is 5.10 Å².